The zero-order chi connectivity index (χ0) is 24.2. The molecule has 190 valence electrons. The van der Waals surface area contributed by atoms with Gasteiger partial charge in [-0.15, -0.1) is 0 Å². The minimum absolute atomic E-state index is 0.0225. The van der Waals surface area contributed by atoms with Gasteiger partial charge in [-0.3, -0.25) is 4.79 Å². The van der Waals surface area contributed by atoms with E-state index in [1.54, 1.807) is 0 Å². The van der Waals surface area contributed by atoms with Crippen molar-refractivity contribution in [1.82, 2.24) is 0 Å². The van der Waals surface area contributed by atoms with E-state index in [2.05, 4.69) is 11.7 Å². The fraction of sp³-hybridized carbons (Fsp3) is 0.917. The summed E-state index contributed by atoms with van der Waals surface area (Å²) in [5.41, 5.74) is 0. The minimum atomic E-state index is -2.20. The van der Waals surface area contributed by atoms with E-state index in [0.717, 1.165) is 19.3 Å². The Morgan fingerprint density at radius 3 is 1.47 bits per heavy atom. The lowest BCUT2D eigenvalue weighted by atomic mass is 10.0. The van der Waals surface area contributed by atoms with Gasteiger partial charge >= 0.3 is 11.9 Å². The number of esters is 2. The van der Waals surface area contributed by atoms with E-state index >= 15 is 0 Å². The predicted molar refractivity (Wildman–Crippen MR) is 122 cm³/mol. The molecule has 0 bridgehead atoms. The molecular formula is C24H46O8. The first-order chi connectivity index (χ1) is 15.3. The molecule has 0 aromatic heterocycles. The third-order valence-corrected chi connectivity index (χ3v) is 5.70. The third-order valence-electron chi connectivity index (χ3n) is 5.70. The van der Waals surface area contributed by atoms with Gasteiger partial charge in [0.2, 0.25) is 0 Å². The van der Waals surface area contributed by atoms with Gasteiger partial charge in [0.15, 0.2) is 6.10 Å². The van der Waals surface area contributed by atoms with E-state index in [9.17, 15) is 30.0 Å². The molecule has 0 heterocycles. The summed E-state index contributed by atoms with van der Waals surface area (Å²) < 4.78 is 4.47. The highest BCUT2D eigenvalue weighted by atomic mass is 16.6. The molecule has 4 atom stereocenters. The lowest BCUT2D eigenvalue weighted by Crippen LogP contribution is -2.49. The summed E-state index contributed by atoms with van der Waals surface area (Å²) in [7, 11) is 0. The number of hydrogen-bond acceptors (Lipinski definition) is 8. The average Bonchev–Trinajstić information content (AvgIpc) is 2.79. The highest BCUT2D eigenvalue weighted by Gasteiger charge is 2.35. The second-order valence-corrected chi connectivity index (χ2v) is 8.67. The molecule has 0 spiro atoms. The summed E-state index contributed by atoms with van der Waals surface area (Å²) in [5, 5.41) is 46.6. The number of hydrogen-bond donors (Lipinski definition) is 5. The Bertz CT molecular complexity index is 471. The van der Waals surface area contributed by atoms with Crippen LogP contribution in [0.4, 0.5) is 0 Å². The Kier molecular flexibility index (Phi) is 19.9. The Morgan fingerprint density at radius 2 is 1.06 bits per heavy atom. The molecule has 8 nitrogen and oxygen atoms in total. The first-order valence-electron chi connectivity index (χ1n) is 12.4. The van der Waals surface area contributed by atoms with Crippen molar-refractivity contribution in [2.45, 2.75) is 134 Å². The van der Waals surface area contributed by atoms with Gasteiger partial charge in [0.25, 0.3) is 0 Å². The van der Waals surface area contributed by atoms with E-state index in [1.807, 2.05) is 0 Å². The molecule has 0 unspecified atom stereocenters. The Hall–Kier alpha value is -1.06. The molecule has 0 aromatic rings. The first kappa shape index (κ1) is 30.9. The van der Waals surface area contributed by atoms with Gasteiger partial charge < -0.3 is 30.3 Å². The number of unbranched alkanes of at least 4 members (excludes halogenated alkanes) is 14. The number of aliphatic hydroxyl groups excluding tert-OH is 5. The molecule has 0 saturated heterocycles. The number of aliphatic hydroxyl groups is 5. The topological polar surface area (TPSA) is 145 Å². The van der Waals surface area contributed by atoms with Crippen molar-refractivity contribution >= 4 is 11.9 Å². The second kappa shape index (κ2) is 20.5. The fourth-order valence-corrected chi connectivity index (χ4v) is 3.53. The van der Waals surface area contributed by atoms with Crippen LogP contribution in [-0.4, -0.2) is 68.5 Å². The molecule has 0 rings (SSSR count). The Balaban J connectivity index is 3.62. The second-order valence-electron chi connectivity index (χ2n) is 8.67. The zero-order valence-electron chi connectivity index (χ0n) is 19.8. The third kappa shape index (κ3) is 15.7. The van der Waals surface area contributed by atoms with Crippen molar-refractivity contribution in [2.24, 2.45) is 0 Å². The molecule has 0 fully saturated rings. The number of rotatable bonds is 21. The Labute approximate surface area is 193 Å². The largest absolute Gasteiger partial charge is 0.394 e. The molecule has 0 saturated carbocycles. The van der Waals surface area contributed by atoms with Crippen molar-refractivity contribution in [3.05, 3.63) is 0 Å². The van der Waals surface area contributed by atoms with Crippen LogP contribution in [-0.2, 0) is 14.3 Å². The maximum absolute atomic E-state index is 11.7. The molecule has 32 heavy (non-hydrogen) atoms. The maximum Gasteiger partial charge on any atom is 0.345 e. The zero-order valence-corrected chi connectivity index (χ0v) is 19.8. The normalized spacial score (nSPS) is 15.2. The average molecular weight is 463 g/mol. The van der Waals surface area contributed by atoms with Gasteiger partial charge in [-0.1, -0.05) is 96.8 Å². The smallest absolute Gasteiger partial charge is 0.345 e. The quantitative estimate of drug-likeness (QED) is 0.0995. The number of carbonyl (C=O) groups is 2. The summed E-state index contributed by atoms with van der Waals surface area (Å²) in [6, 6.07) is 0. The van der Waals surface area contributed by atoms with Crippen LogP contribution in [0, 0.1) is 0 Å². The summed E-state index contributed by atoms with van der Waals surface area (Å²) >= 11 is 0. The van der Waals surface area contributed by atoms with Gasteiger partial charge in [-0.2, -0.15) is 0 Å². The number of carbonyl (C=O) groups excluding carboxylic acids is 2. The molecule has 0 aliphatic carbocycles. The van der Waals surface area contributed by atoms with E-state index in [4.69, 9.17) is 5.11 Å². The minimum Gasteiger partial charge on any atom is -0.394 e. The van der Waals surface area contributed by atoms with Crippen molar-refractivity contribution in [2.75, 3.05) is 6.61 Å². The van der Waals surface area contributed by atoms with Gasteiger partial charge in [-0.25, -0.2) is 4.79 Å². The number of ether oxygens (including phenoxy) is 1. The van der Waals surface area contributed by atoms with Crippen LogP contribution in [0.3, 0.4) is 0 Å². The van der Waals surface area contributed by atoms with Gasteiger partial charge in [-0.05, 0) is 6.42 Å². The lowest BCUT2D eigenvalue weighted by Gasteiger charge is -2.24. The fourth-order valence-electron chi connectivity index (χ4n) is 3.53. The first-order valence-corrected chi connectivity index (χ1v) is 12.4. The molecule has 0 radical (unpaired) electrons. The SMILES string of the molecule is CCCCCCCCCCCCCCCCCC(=O)OC(=O)[C@H](O)[C@@H](O)[C@@H](O)[C@H](O)CO. The summed E-state index contributed by atoms with van der Waals surface area (Å²) in [6.07, 6.45) is 10.0. The van der Waals surface area contributed by atoms with Crippen LogP contribution in [0.2, 0.25) is 0 Å². The van der Waals surface area contributed by atoms with E-state index in [-0.39, 0.29) is 6.42 Å². The summed E-state index contributed by atoms with van der Waals surface area (Å²) in [4.78, 5) is 23.3. The van der Waals surface area contributed by atoms with E-state index in [0.29, 0.717) is 6.42 Å². The van der Waals surface area contributed by atoms with Crippen LogP contribution in [0.15, 0.2) is 0 Å². The summed E-state index contributed by atoms with van der Waals surface area (Å²) in [6.45, 7) is 1.37. The Morgan fingerprint density at radius 1 is 0.656 bits per heavy atom. The molecule has 0 amide bonds. The lowest BCUT2D eigenvalue weighted by molar-refractivity contribution is -0.176. The van der Waals surface area contributed by atoms with E-state index < -0.39 is 43.0 Å². The van der Waals surface area contributed by atoms with Gasteiger partial charge in [0.05, 0.1) is 6.61 Å². The van der Waals surface area contributed by atoms with Gasteiger partial charge in [0.1, 0.15) is 18.3 Å². The van der Waals surface area contributed by atoms with Crippen LogP contribution in [0.25, 0.3) is 0 Å². The van der Waals surface area contributed by atoms with Crippen molar-refractivity contribution < 1.29 is 39.9 Å². The predicted octanol–water partition coefficient (Wildman–Crippen LogP) is 2.75. The van der Waals surface area contributed by atoms with E-state index in [1.165, 1.54) is 70.6 Å². The van der Waals surface area contributed by atoms with Crippen LogP contribution >= 0.6 is 0 Å². The van der Waals surface area contributed by atoms with Crippen molar-refractivity contribution in [3.8, 4) is 0 Å². The standard InChI is InChI=1S/C24H46O8/c1-2-3-4-5-6-7-8-9-10-11-12-13-14-15-16-17-20(27)32-24(31)23(30)22(29)21(28)19(26)18-25/h19,21-23,25-26,28-30H,2-18H2,1H3/t19-,21+,22+,23-/m1/s1. The van der Waals surface area contributed by atoms with Crippen LogP contribution in [0.5, 0.6) is 0 Å². The highest BCUT2D eigenvalue weighted by Crippen LogP contribution is 2.14. The van der Waals surface area contributed by atoms with Crippen molar-refractivity contribution in [1.29, 1.82) is 0 Å². The van der Waals surface area contributed by atoms with Crippen LogP contribution < -0.4 is 0 Å². The van der Waals surface area contributed by atoms with Crippen LogP contribution in [0.1, 0.15) is 110 Å². The highest BCUT2D eigenvalue weighted by molar-refractivity contribution is 5.88. The maximum atomic E-state index is 11.7. The van der Waals surface area contributed by atoms with Gasteiger partial charge in [0, 0.05) is 6.42 Å². The molecule has 8 heteroatoms. The van der Waals surface area contributed by atoms with Crippen molar-refractivity contribution in [3.63, 3.8) is 0 Å². The molecule has 5 N–H and O–H groups in total. The molecular weight excluding hydrogens is 416 g/mol. The molecule has 0 aromatic carbocycles. The summed E-state index contributed by atoms with van der Waals surface area (Å²) in [5.74, 6) is -2.21. The molecule has 0 aliphatic rings. The monoisotopic (exact) mass is 462 g/mol. The molecule has 0 aliphatic heterocycles.